The molecule has 1 aromatic carbocycles. The molecule has 1 aromatic rings. The van der Waals surface area contributed by atoms with Crippen LogP contribution in [0.1, 0.15) is 31.7 Å². The van der Waals surface area contributed by atoms with Gasteiger partial charge in [0.25, 0.3) is 0 Å². The van der Waals surface area contributed by atoms with Crippen molar-refractivity contribution < 1.29 is 9.53 Å². The van der Waals surface area contributed by atoms with Crippen LogP contribution in [0.2, 0.25) is 0 Å². The van der Waals surface area contributed by atoms with Gasteiger partial charge in [-0.25, -0.2) is 0 Å². The van der Waals surface area contributed by atoms with Crippen molar-refractivity contribution in [3.8, 4) is 5.75 Å². The van der Waals surface area contributed by atoms with Crippen molar-refractivity contribution in [2.75, 3.05) is 11.9 Å². The van der Waals surface area contributed by atoms with Gasteiger partial charge in [-0.3, -0.25) is 4.79 Å². The first-order valence-electron chi connectivity index (χ1n) is 5.34. The second-order valence-electron chi connectivity index (χ2n) is 4.17. The van der Waals surface area contributed by atoms with E-state index in [1.165, 1.54) is 0 Å². The lowest BCUT2D eigenvalue weighted by molar-refractivity contribution is -0.116. The third-order valence-corrected chi connectivity index (χ3v) is 3.01. The fourth-order valence-electron chi connectivity index (χ4n) is 1.76. The number of halogens is 1. The normalized spacial score (nSPS) is 15.1. The quantitative estimate of drug-likeness (QED) is 0.859. The maximum atomic E-state index is 11.4. The zero-order valence-corrected chi connectivity index (χ0v) is 10.9. The summed E-state index contributed by atoms with van der Waals surface area (Å²) in [6.07, 6.45) is 0.407. The van der Waals surface area contributed by atoms with E-state index in [4.69, 9.17) is 4.74 Å². The van der Waals surface area contributed by atoms with Crippen LogP contribution in [-0.2, 0) is 4.79 Å². The molecule has 16 heavy (non-hydrogen) atoms. The number of fused-ring (bicyclic) bond motifs is 1. The summed E-state index contributed by atoms with van der Waals surface area (Å²) in [5, 5.41) is 2.86. The van der Waals surface area contributed by atoms with Crippen molar-refractivity contribution in [3.63, 3.8) is 0 Å². The van der Waals surface area contributed by atoms with E-state index < -0.39 is 0 Å². The van der Waals surface area contributed by atoms with Gasteiger partial charge in [0.15, 0.2) is 0 Å². The van der Waals surface area contributed by atoms with Crippen molar-refractivity contribution in [2.45, 2.75) is 26.2 Å². The van der Waals surface area contributed by atoms with E-state index in [1.807, 2.05) is 12.1 Å². The molecule has 1 aliphatic rings. The van der Waals surface area contributed by atoms with E-state index in [0.29, 0.717) is 18.9 Å². The van der Waals surface area contributed by atoms with Crippen molar-refractivity contribution in [2.24, 2.45) is 0 Å². The predicted molar refractivity (Wildman–Crippen MR) is 67.0 cm³/mol. The number of ether oxygens (including phenoxy) is 1. The molecule has 4 heteroatoms. The molecule has 2 rings (SSSR count). The Morgan fingerprint density at radius 3 is 2.88 bits per heavy atom. The van der Waals surface area contributed by atoms with E-state index in [2.05, 4.69) is 35.1 Å². The van der Waals surface area contributed by atoms with Crippen molar-refractivity contribution in [1.29, 1.82) is 0 Å². The maximum Gasteiger partial charge on any atom is 0.227 e. The molecule has 1 aliphatic heterocycles. The number of benzene rings is 1. The average molecular weight is 284 g/mol. The Morgan fingerprint density at radius 2 is 2.19 bits per heavy atom. The molecule has 0 fully saturated rings. The molecule has 0 saturated carbocycles. The minimum absolute atomic E-state index is 0.00607. The second-order valence-corrected chi connectivity index (χ2v) is 5.09. The third-order valence-electron chi connectivity index (χ3n) is 2.55. The largest absolute Gasteiger partial charge is 0.491 e. The lowest BCUT2D eigenvalue weighted by Gasteiger charge is -2.15. The second kappa shape index (κ2) is 4.45. The van der Waals surface area contributed by atoms with Crippen LogP contribution in [0.25, 0.3) is 0 Å². The fourth-order valence-corrected chi connectivity index (χ4v) is 2.23. The standard InChI is InChI=1S/C12H14BrNO2/c1-7(2)9-5-8(13)6-10-12(9)16-4-3-11(15)14-10/h5-7H,3-4H2,1-2H3,(H,14,15). The van der Waals surface area contributed by atoms with E-state index in [0.717, 1.165) is 21.5 Å². The number of carbonyl (C=O) groups is 1. The van der Waals surface area contributed by atoms with Gasteiger partial charge in [0.2, 0.25) is 5.91 Å². The molecule has 0 atom stereocenters. The molecule has 0 aliphatic carbocycles. The van der Waals surface area contributed by atoms with E-state index in [1.54, 1.807) is 0 Å². The van der Waals surface area contributed by atoms with Gasteiger partial charge < -0.3 is 10.1 Å². The molecular formula is C12H14BrNO2. The first-order chi connectivity index (χ1) is 7.58. The van der Waals surface area contributed by atoms with Gasteiger partial charge in [-0.1, -0.05) is 29.8 Å². The minimum Gasteiger partial charge on any atom is -0.491 e. The Balaban J connectivity index is 2.53. The van der Waals surface area contributed by atoms with Crippen LogP contribution in [0.4, 0.5) is 5.69 Å². The van der Waals surface area contributed by atoms with E-state index in [9.17, 15) is 4.79 Å². The number of hydrogen-bond donors (Lipinski definition) is 1. The van der Waals surface area contributed by atoms with Crippen LogP contribution in [0.15, 0.2) is 16.6 Å². The summed E-state index contributed by atoms with van der Waals surface area (Å²) < 4.78 is 6.62. The van der Waals surface area contributed by atoms with E-state index >= 15 is 0 Å². The van der Waals surface area contributed by atoms with Crippen molar-refractivity contribution >= 4 is 27.5 Å². The fraction of sp³-hybridized carbons (Fsp3) is 0.417. The average Bonchev–Trinajstić information content (AvgIpc) is 2.37. The maximum absolute atomic E-state index is 11.4. The molecule has 1 N–H and O–H groups in total. The molecule has 1 amide bonds. The Kier molecular flexibility index (Phi) is 3.19. The molecule has 86 valence electrons. The number of nitrogens with one attached hydrogen (secondary N) is 1. The van der Waals surface area contributed by atoms with Gasteiger partial charge in [-0.2, -0.15) is 0 Å². The van der Waals surface area contributed by atoms with Gasteiger partial charge in [-0.15, -0.1) is 0 Å². The summed E-state index contributed by atoms with van der Waals surface area (Å²) in [5.74, 6) is 1.18. The van der Waals surface area contributed by atoms with Gasteiger partial charge >= 0.3 is 0 Å². The van der Waals surface area contributed by atoms with Crippen molar-refractivity contribution in [1.82, 2.24) is 0 Å². The SMILES string of the molecule is CC(C)c1cc(Br)cc2c1OCCC(=O)N2. The van der Waals surface area contributed by atoms with Crippen LogP contribution < -0.4 is 10.1 Å². The Hall–Kier alpha value is -1.03. The summed E-state index contributed by atoms with van der Waals surface area (Å²) in [5.41, 5.74) is 1.88. The highest BCUT2D eigenvalue weighted by Gasteiger charge is 2.19. The molecule has 0 unspecified atom stereocenters. The lowest BCUT2D eigenvalue weighted by Crippen LogP contribution is -2.10. The number of anilines is 1. The Labute approximate surface area is 103 Å². The monoisotopic (exact) mass is 283 g/mol. The molecule has 0 spiro atoms. The summed E-state index contributed by atoms with van der Waals surface area (Å²) in [4.78, 5) is 11.4. The van der Waals surface area contributed by atoms with Gasteiger partial charge in [0.05, 0.1) is 18.7 Å². The number of hydrogen-bond acceptors (Lipinski definition) is 2. The summed E-state index contributed by atoms with van der Waals surface area (Å²) in [6, 6.07) is 3.92. The highest BCUT2D eigenvalue weighted by atomic mass is 79.9. The minimum atomic E-state index is 0.00607. The van der Waals surface area contributed by atoms with Crippen LogP contribution in [0.3, 0.4) is 0 Å². The highest BCUT2D eigenvalue weighted by molar-refractivity contribution is 9.10. The lowest BCUT2D eigenvalue weighted by atomic mass is 10.0. The zero-order valence-electron chi connectivity index (χ0n) is 9.34. The molecular weight excluding hydrogens is 270 g/mol. The Morgan fingerprint density at radius 1 is 1.44 bits per heavy atom. The van der Waals surface area contributed by atoms with Crippen molar-refractivity contribution in [3.05, 3.63) is 22.2 Å². The van der Waals surface area contributed by atoms with Crippen LogP contribution in [-0.4, -0.2) is 12.5 Å². The summed E-state index contributed by atoms with van der Waals surface area (Å²) in [7, 11) is 0. The Bertz CT molecular complexity index is 429. The molecule has 0 radical (unpaired) electrons. The van der Waals surface area contributed by atoms with Gasteiger partial charge in [0, 0.05) is 4.47 Å². The molecule has 3 nitrogen and oxygen atoms in total. The molecule has 0 bridgehead atoms. The highest BCUT2D eigenvalue weighted by Crippen LogP contribution is 2.38. The zero-order chi connectivity index (χ0) is 11.7. The molecule has 1 heterocycles. The van der Waals surface area contributed by atoms with Gasteiger partial charge in [-0.05, 0) is 23.6 Å². The molecule has 0 aromatic heterocycles. The first kappa shape index (κ1) is 11.5. The van der Waals surface area contributed by atoms with Crippen LogP contribution in [0.5, 0.6) is 5.75 Å². The topological polar surface area (TPSA) is 38.3 Å². The van der Waals surface area contributed by atoms with Crippen LogP contribution >= 0.6 is 15.9 Å². The third kappa shape index (κ3) is 2.21. The number of amides is 1. The molecule has 0 saturated heterocycles. The predicted octanol–water partition coefficient (Wildman–Crippen LogP) is 3.29. The number of rotatable bonds is 1. The van der Waals surface area contributed by atoms with Crippen LogP contribution in [0, 0.1) is 0 Å². The summed E-state index contributed by atoms with van der Waals surface area (Å²) in [6.45, 7) is 4.66. The smallest absolute Gasteiger partial charge is 0.227 e. The number of carbonyl (C=O) groups excluding carboxylic acids is 1. The first-order valence-corrected chi connectivity index (χ1v) is 6.13. The van der Waals surface area contributed by atoms with E-state index in [-0.39, 0.29) is 5.91 Å². The summed E-state index contributed by atoms with van der Waals surface area (Å²) >= 11 is 3.45. The van der Waals surface area contributed by atoms with Gasteiger partial charge in [0.1, 0.15) is 5.75 Å².